The maximum atomic E-state index is 13.0. The fourth-order valence-electron chi connectivity index (χ4n) is 3.64. The number of amides is 4. The summed E-state index contributed by atoms with van der Waals surface area (Å²) in [7, 11) is 0. The summed E-state index contributed by atoms with van der Waals surface area (Å²) in [4.78, 5) is 50.9. The summed E-state index contributed by atoms with van der Waals surface area (Å²) in [6.07, 6.45) is 3.00. The summed E-state index contributed by atoms with van der Waals surface area (Å²) in [5, 5.41) is 11.2. The van der Waals surface area contributed by atoms with Crippen LogP contribution in [0.5, 0.6) is 5.75 Å². The standard InChI is InChI=1S/C23H32N4O5/c1-14(2)20-23(31)24-12-13-32-18-9-4-3-8-16(18)21(29)26-17(10-11-19(28)27-20)22(30)25-15-6-5-7-15/h3-4,8-9,14-15,17,20H,5-7,10-13H2,1-2H3,(H,24,31)(H,25,30)(H,26,29)(H,27,28)/t17-,20-/m0/s1. The normalized spacial score (nSPS) is 23.3. The van der Waals surface area contributed by atoms with Crippen molar-refractivity contribution in [3.63, 3.8) is 0 Å². The first-order chi connectivity index (χ1) is 15.3. The zero-order chi connectivity index (χ0) is 23.1. The van der Waals surface area contributed by atoms with Gasteiger partial charge in [0.25, 0.3) is 5.91 Å². The number of benzene rings is 1. The average Bonchev–Trinajstić information content (AvgIpc) is 2.74. The van der Waals surface area contributed by atoms with Gasteiger partial charge in [-0.2, -0.15) is 0 Å². The van der Waals surface area contributed by atoms with Gasteiger partial charge in [0.2, 0.25) is 17.7 Å². The third kappa shape index (κ3) is 6.21. The maximum Gasteiger partial charge on any atom is 0.255 e. The minimum absolute atomic E-state index is 0.00230. The van der Waals surface area contributed by atoms with Crippen LogP contribution < -0.4 is 26.0 Å². The van der Waals surface area contributed by atoms with E-state index in [1.807, 2.05) is 13.8 Å². The van der Waals surface area contributed by atoms with Gasteiger partial charge in [-0.05, 0) is 43.7 Å². The largest absolute Gasteiger partial charge is 0.491 e. The molecule has 2 atom stereocenters. The SMILES string of the molecule is CC(C)[C@@H]1NC(=O)CC[C@@H](C(=O)NC2CCC2)NC(=O)c2ccccc2OCCNC1=O. The van der Waals surface area contributed by atoms with Gasteiger partial charge in [-0.15, -0.1) is 0 Å². The van der Waals surface area contributed by atoms with Crippen LogP contribution in [0, 0.1) is 5.92 Å². The number of carbonyl (C=O) groups is 4. The van der Waals surface area contributed by atoms with Crippen molar-refractivity contribution in [2.75, 3.05) is 13.2 Å². The molecule has 4 amide bonds. The van der Waals surface area contributed by atoms with E-state index in [1.54, 1.807) is 24.3 Å². The van der Waals surface area contributed by atoms with Gasteiger partial charge in [0, 0.05) is 12.5 Å². The van der Waals surface area contributed by atoms with Crippen molar-refractivity contribution < 1.29 is 23.9 Å². The minimum atomic E-state index is -0.877. The van der Waals surface area contributed by atoms with Crippen LogP contribution in [-0.4, -0.2) is 54.9 Å². The van der Waals surface area contributed by atoms with Crippen molar-refractivity contribution in [2.45, 2.75) is 64.1 Å². The molecule has 9 heteroatoms. The molecule has 0 spiro atoms. The molecule has 1 aromatic rings. The number of hydrogen-bond acceptors (Lipinski definition) is 5. The molecule has 0 radical (unpaired) electrons. The molecule has 1 fully saturated rings. The molecule has 32 heavy (non-hydrogen) atoms. The Morgan fingerprint density at radius 2 is 1.84 bits per heavy atom. The van der Waals surface area contributed by atoms with Crippen LogP contribution in [0.1, 0.15) is 56.3 Å². The van der Waals surface area contributed by atoms with Crippen molar-refractivity contribution in [3.8, 4) is 5.75 Å². The third-order valence-electron chi connectivity index (χ3n) is 5.79. The van der Waals surface area contributed by atoms with Crippen LogP contribution in [0.4, 0.5) is 0 Å². The van der Waals surface area contributed by atoms with Gasteiger partial charge < -0.3 is 26.0 Å². The van der Waals surface area contributed by atoms with Crippen molar-refractivity contribution >= 4 is 23.6 Å². The highest BCUT2D eigenvalue weighted by molar-refractivity contribution is 6.00. The molecule has 9 nitrogen and oxygen atoms in total. The second-order valence-electron chi connectivity index (χ2n) is 8.63. The van der Waals surface area contributed by atoms with E-state index >= 15 is 0 Å². The Labute approximate surface area is 188 Å². The van der Waals surface area contributed by atoms with Crippen molar-refractivity contribution in [3.05, 3.63) is 29.8 Å². The van der Waals surface area contributed by atoms with Crippen molar-refractivity contribution in [1.82, 2.24) is 21.3 Å². The molecular formula is C23H32N4O5. The summed E-state index contributed by atoms with van der Waals surface area (Å²) in [5.41, 5.74) is 0.291. The number of hydrogen-bond donors (Lipinski definition) is 4. The van der Waals surface area contributed by atoms with E-state index in [2.05, 4.69) is 21.3 Å². The van der Waals surface area contributed by atoms with Crippen LogP contribution in [0.3, 0.4) is 0 Å². The Morgan fingerprint density at radius 1 is 1.09 bits per heavy atom. The Hall–Kier alpha value is -3.10. The Morgan fingerprint density at radius 3 is 2.53 bits per heavy atom. The van der Waals surface area contributed by atoms with Gasteiger partial charge >= 0.3 is 0 Å². The van der Waals surface area contributed by atoms with E-state index in [9.17, 15) is 19.2 Å². The molecule has 4 N–H and O–H groups in total. The van der Waals surface area contributed by atoms with Crippen LogP contribution in [0.2, 0.25) is 0 Å². The van der Waals surface area contributed by atoms with E-state index in [-0.39, 0.29) is 55.7 Å². The van der Waals surface area contributed by atoms with Gasteiger partial charge in [-0.25, -0.2) is 0 Å². The van der Waals surface area contributed by atoms with E-state index in [0.717, 1.165) is 19.3 Å². The molecular weight excluding hydrogens is 412 g/mol. The van der Waals surface area contributed by atoms with Crippen LogP contribution in [-0.2, 0) is 14.4 Å². The van der Waals surface area contributed by atoms with Gasteiger partial charge in [0.15, 0.2) is 0 Å². The second kappa shape index (κ2) is 11.0. The summed E-state index contributed by atoms with van der Waals surface area (Å²) >= 11 is 0. The molecule has 3 rings (SSSR count). The highest BCUT2D eigenvalue weighted by Crippen LogP contribution is 2.20. The second-order valence-corrected chi connectivity index (χ2v) is 8.63. The summed E-state index contributed by atoms with van der Waals surface area (Å²) in [5.74, 6) is -1.16. The predicted molar refractivity (Wildman–Crippen MR) is 118 cm³/mol. The lowest BCUT2D eigenvalue weighted by Gasteiger charge is -2.29. The third-order valence-corrected chi connectivity index (χ3v) is 5.79. The van der Waals surface area contributed by atoms with Crippen LogP contribution >= 0.6 is 0 Å². The lowest BCUT2D eigenvalue weighted by atomic mass is 9.92. The first-order valence-electron chi connectivity index (χ1n) is 11.2. The molecule has 1 heterocycles. The molecule has 0 aromatic heterocycles. The Balaban J connectivity index is 1.82. The molecule has 2 aliphatic rings. The van der Waals surface area contributed by atoms with Crippen LogP contribution in [0.15, 0.2) is 24.3 Å². The molecule has 0 saturated heterocycles. The number of rotatable bonds is 3. The van der Waals surface area contributed by atoms with E-state index in [1.165, 1.54) is 0 Å². The Bertz CT molecular complexity index is 853. The molecule has 1 aliphatic heterocycles. The zero-order valence-electron chi connectivity index (χ0n) is 18.6. The zero-order valence-corrected chi connectivity index (χ0v) is 18.6. The summed E-state index contributed by atoms with van der Waals surface area (Å²) in [6, 6.07) is 5.27. The minimum Gasteiger partial charge on any atom is -0.491 e. The van der Waals surface area contributed by atoms with E-state index in [4.69, 9.17) is 4.74 Å². The molecule has 174 valence electrons. The Kier molecular flexibility index (Phi) is 8.08. The highest BCUT2D eigenvalue weighted by atomic mass is 16.5. The first-order valence-corrected chi connectivity index (χ1v) is 11.2. The van der Waals surface area contributed by atoms with Gasteiger partial charge in [0.05, 0.1) is 12.1 Å². The molecule has 0 unspecified atom stereocenters. The van der Waals surface area contributed by atoms with Gasteiger partial charge in [-0.3, -0.25) is 19.2 Å². The van der Waals surface area contributed by atoms with Crippen molar-refractivity contribution in [1.29, 1.82) is 0 Å². The quantitative estimate of drug-likeness (QED) is 0.551. The summed E-state index contributed by atoms with van der Waals surface area (Å²) in [6.45, 7) is 4.07. The summed E-state index contributed by atoms with van der Waals surface area (Å²) < 4.78 is 5.72. The number of para-hydroxylation sites is 1. The smallest absolute Gasteiger partial charge is 0.255 e. The maximum absolute atomic E-state index is 13.0. The average molecular weight is 445 g/mol. The fourth-order valence-corrected chi connectivity index (χ4v) is 3.64. The molecule has 0 bridgehead atoms. The topological polar surface area (TPSA) is 126 Å². The molecule has 1 aliphatic carbocycles. The van der Waals surface area contributed by atoms with Crippen molar-refractivity contribution in [2.24, 2.45) is 5.92 Å². The van der Waals surface area contributed by atoms with Gasteiger partial charge in [0.1, 0.15) is 24.4 Å². The first kappa shape index (κ1) is 23.6. The molecule has 1 aromatic carbocycles. The highest BCUT2D eigenvalue weighted by Gasteiger charge is 2.29. The van der Waals surface area contributed by atoms with E-state index in [0.29, 0.717) is 11.3 Å². The lowest BCUT2D eigenvalue weighted by molar-refractivity contribution is -0.130. The number of nitrogens with one attached hydrogen (secondary N) is 4. The lowest BCUT2D eigenvalue weighted by Crippen LogP contribution is -2.52. The van der Waals surface area contributed by atoms with E-state index < -0.39 is 18.0 Å². The van der Waals surface area contributed by atoms with Gasteiger partial charge in [-0.1, -0.05) is 26.0 Å². The molecule has 1 saturated carbocycles. The number of fused-ring (bicyclic) bond motifs is 1. The number of carbonyl (C=O) groups excluding carboxylic acids is 4. The van der Waals surface area contributed by atoms with Crippen LogP contribution in [0.25, 0.3) is 0 Å². The number of ether oxygens (including phenoxy) is 1. The fraction of sp³-hybridized carbons (Fsp3) is 0.565. The predicted octanol–water partition coefficient (Wildman–Crippen LogP) is 0.883. The monoisotopic (exact) mass is 444 g/mol.